The molecule has 7 nitrogen and oxygen atoms in total. The molecule has 9 heteroatoms. The fourth-order valence-electron chi connectivity index (χ4n) is 3.48. The van der Waals surface area contributed by atoms with Gasteiger partial charge in [-0.1, -0.05) is 24.1 Å². The molecule has 1 aliphatic rings. The van der Waals surface area contributed by atoms with Gasteiger partial charge in [0.2, 0.25) is 5.82 Å². The number of hydrogen-bond donors (Lipinski definition) is 1. The highest BCUT2D eigenvalue weighted by Gasteiger charge is 2.36. The Morgan fingerprint density at radius 2 is 1.89 bits per heavy atom. The standard InChI is InChI=1S/C19H17FN6OS/c20-12-5-7-13(8-6-12)26-16(14-4-3-11-28-14)22-15(24-26)17-23-18(25-27-17)19(21)9-1-2-10-19/h3-8,11H,1-2,9-10,21H2. The van der Waals surface area contributed by atoms with Crippen molar-refractivity contribution >= 4 is 11.3 Å². The Bertz CT molecular complexity index is 1100. The molecular formula is C19H17FN6OS. The summed E-state index contributed by atoms with van der Waals surface area (Å²) >= 11 is 1.54. The molecule has 142 valence electrons. The van der Waals surface area contributed by atoms with Crippen molar-refractivity contribution < 1.29 is 8.91 Å². The molecule has 28 heavy (non-hydrogen) atoms. The van der Waals surface area contributed by atoms with Crippen molar-refractivity contribution in [1.82, 2.24) is 24.9 Å². The van der Waals surface area contributed by atoms with Gasteiger partial charge in [0, 0.05) is 0 Å². The first kappa shape index (κ1) is 17.2. The van der Waals surface area contributed by atoms with Crippen molar-refractivity contribution in [3.63, 3.8) is 0 Å². The van der Waals surface area contributed by atoms with Gasteiger partial charge < -0.3 is 10.3 Å². The maximum Gasteiger partial charge on any atom is 0.297 e. The lowest BCUT2D eigenvalue weighted by Crippen LogP contribution is -2.34. The topological polar surface area (TPSA) is 95.7 Å². The zero-order valence-electron chi connectivity index (χ0n) is 14.9. The summed E-state index contributed by atoms with van der Waals surface area (Å²) in [5.74, 6) is 1.35. The van der Waals surface area contributed by atoms with Crippen molar-refractivity contribution in [2.75, 3.05) is 0 Å². The third-order valence-corrected chi connectivity index (χ3v) is 5.84. The van der Waals surface area contributed by atoms with Gasteiger partial charge in [0.05, 0.1) is 16.1 Å². The van der Waals surface area contributed by atoms with Crippen LogP contribution in [-0.4, -0.2) is 24.9 Å². The maximum atomic E-state index is 13.3. The first-order valence-corrected chi connectivity index (χ1v) is 9.91. The van der Waals surface area contributed by atoms with Crippen molar-refractivity contribution in [3.8, 4) is 28.1 Å². The lowest BCUT2D eigenvalue weighted by atomic mass is 9.99. The second-order valence-corrected chi connectivity index (χ2v) is 7.86. The van der Waals surface area contributed by atoms with Crippen molar-refractivity contribution in [2.24, 2.45) is 5.73 Å². The van der Waals surface area contributed by atoms with Gasteiger partial charge in [0.15, 0.2) is 11.6 Å². The largest absolute Gasteiger partial charge is 0.330 e. The van der Waals surface area contributed by atoms with Crippen LogP contribution in [0.3, 0.4) is 0 Å². The van der Waals surface area contributed by atoms with Crippen molar-refractivity contribution in [2.45, 2.75) is 31.2 Å². The molecule has 5 rings (SSSR count). The first-order chi connectivity index (χ1) is 13.6. The normalized spacial score (nSPS) is 15.9. The average Bonchev–Trinajstić information content (AvgIpc) is 3.47. The van der Waals surface area contributed by atoms with E-state index in [0.29, 0.717) is 23.2 Å². The minimum atomic E-state index is -0.544. The molecule has 0 atom stereocenters. The fourth-order valence-corrected chi connectivity index (χ4v) is 4.17. The highest BCUT2D eigenvalue weighted by Crippen LogP contribution is 2.35. The number of aromatic nitrogens is 5. The van der Waals surface area contributed by atoms with E-state index in [1.807, 2.05) is 17.5 Å². The molecule has 1 aliphatic carbocycles. The molecule has 1 saturated carbocycles. The highest BCUT2D eigenvalue weighted by atomic mass is 32.1. The molecule has 0 spiro atoms. The second kappa shape index (κ2) is 6.61. The summed E-state index contributed by atoms with van der Waals surface area (Å²) in [6.07, 6.45) is 3.79. The van der Waals surface area contributed by atoms with E-state index in [9.17, 15) is 4.39 Å². The molecule has 0 unspecified atom stereocenters. The number of thiophene rings is 1. The molecule has 1 aromatic carbocycles. The smallest absolute Gasteiger partial charge is 0.297 e. The predicted octanol–water partition coefficient (Wildman–Crippen LogP) is 3.91. The number of hydrogen-bond acceptors (Lipinski definition) is 7. The van der Waals surface area contributed by atoms with Gasteiger partial charge in [-0.2, -0.15) is 4.98 Å². The van der Waals surface area contributed by atoms with E-state index in [1.165, 1.54) is 23.5 Å². The van der Waals surface area contributed by atoms with E-state index in [0.717, 1.165) is 30.6 Å². The van der Waals surface area contributed by atoms with Crippen LogP contribution in [0.15, 0.2) is 46.3 Å². The van der Waals surface area contributed by atoms with Crippen LogP contribution in [0.1, 0.15) is 31.5 Å². The molecule has 0 aliphatic heterocycles. The van der Waals surface area contributed by atoms with E-state index in [-0.39, 0.29) is 11.7 Å². The van der Waals surface area contributed by atoms with E-state index in [4.69, 9.17) is 10.3 Å². The van der Waals surface area contributed by atoms with Gasteiger partial charge in [-0.15, -0.1) is 16.4 Å². The Hall–Kier alpha value is -2.91. The second-order valence-electron chi connectivity index (χ2n) is 6.91. The quantitative estimate of drug-likeness (QED) is 0.562. The Morgan fingerprint density at radius 3 is 2.61 bits per heavy atom. The van der Waals surface area contributed by atoms with Gasteiger partial charge in [-0.25, -0.2) is 14.1 Å². The van der Waals surface area contributed by atoms with Crippen LogP contribution in [0.5, 0.6) is 0 Å². The van der Waals surface area contributed by atoms with E-state index < -0.39 is 5.54 Å². The van der Waals surface area contributed by atoms with Crippen LogP contribution in [-0.2, 0) is 5.54 Å². The molecule has 2 N–H and O–H groups in total. The molecule has 3 aromatic heterocycles. The van der Waals surface area contributed by atoms with Gasteiger partial charge in [0.1, 0.15) is 5.82 Å². The van der Waals surface area contributed by atoms with Crippen LogP contribution in [0.2, 0.25) is 0 Å². The number of halogens is 1. The van der Waals surface area contributed by atoms with Gasteiger partial charge in [-0.05, 0) is 48.6 Å². The lowest BCUT2D eigenvalue weighted by molar-refractivity contribution is 0.372. The number of nitrogens with two attached hydrogens (primary N) is 1. The summed E-state index contributed by atoms with van der Waals surface area (Å²) in [5, 5.41) is 10.6. The van der Waals surface area contributed by atoms with Crippen LogP contribution < -0.4 is 5.73 Å². The van der Waals surface area contributed by atoms with Gasteiger partial charge >= 0.3 is 0 Å². The van der Waals surface area contributed by atoms with E-state index >= 15 is 0 Å². The number of rotatable bonds is 4. The maximum absolute atomic E-state index is 13.3. The van der Waals surface area contributed by atoms with Crippen molar-refractivity contribution in [3.05, 3.63) is 53.4 Å². The van der Waals surface area contributed by atoms with Gasteiger partial charge in [-0.3, -0.25) is 0 Å². The Balaban J connectivity index is 1.59. The number of nitrogens with zero attached hydrogens (tertiary/aromatic N) is 5. The Labute approximate surface area is 164 Å². The summed E-state index contributed by atoms with van der Waals surface area (Å²) in [5.41, 5.74) is 6.57. The molecule has 0 bridgehead atoms. The average molecular weight is 396 g/mol. The molecule has 0 radical (unpaired) electrons. The molecule has 4 aromatic rings. The Kier molecular flexibility index (Phi) is 4.06. The minimum absolute atomic E-state index is 0.227. The summed E-state index contributed by atoms with van der Waals surface area (Å²) in [6.45, 7) is 0. The Morgan fingerprint density at radius 1 is 1.11 bits per heavy atom. The molecular weight excluding hydrogens is 379 g/mol. The summed E-state index contributed by atoms with van der Waals surface area (Å²) in [6, 6.07) is 9.96. The van der Waals surface area contributed by atoms with Crippen LogP contribution in [0.4, 0.5) is 4.39 Å². The first-order valence-electron chi connectivity index (χ1n) is 9.03. The van der Waals surface area contributed by atoms with Crippen LogP contribution in [0.25, 0.3) is 28.1 Å². The summed E-state index contributed by atoms with van der Waals surface area (Å²) in [4.78, 5) is 10.0. The monoisotopic (exact) mass is 396 g/mol. The third kappa shape index (κ3) is 2.92. The van der Waals surface area contributed by atoms with Crippen molar-refractivity contribution in [1.29, 1.82) is 0 Å². The fraction of sp³-hybridized carbons (Fsp3) is 0.263. The molecule has 0 amide bonds. The molecule has 0 saturated heterocycles. The SMILES string of the molecule is NC1(c2noc(-c3nc(-c4cccs4)n(-c4ccc(F)cc4)n3)n2)CCCC1. The molecule has 3 heterocycles. The third-order valence-electron chi connectivity index (χ3n) is 4.98. The zero-order chi connectivity index (χ0) is 19.1. The van der Waals surface area contributed by atoms with E-state index in [1.54, 1.807) is 16.8 Å². The highest BCUT2D eigenvalue weighted by molar-refractivity contribution is 7.13. The molecule has 1 fully saturated rings. The predicted molar refractivity (Wildman–Crippen MR) is 102 cm³/mol. The summed E-state index contributed by atoms with van der Waals surface area (Å²) < 4.78 is 20.4. The number of benzene rings is 1. The van der Waals surface area contributed by atoms with Crippen LogP contribution >= 0.6 is 11.3 Å². The minimum Gasteiger partial charge on any atom is -0.330 e. The zero-order valence-corrected chi connectivity index (χ0v) is 15.7. The van der Waals surface area contributed by atoms with Gasteiger partial charge in [0.25, 0.3) is 5.89 Å². The summed E-state index contributed by atoms with van der Waals surface area (Å²) in [7, 11) is 0. The lowest BCUT2D eigenvalue weighted by Gasteiger charge is -2.17. The van der Waals surface area contributed by atoms with Crippen LogP contribution in [0, 0.1) is 5.82 Å². The van der Waals surface area contributed by atoms with E-state index in [2.05, 4.69) is 20.2 Å².